The molecule has 0 spiro atoms. The van der Waals surface area contributed by atoms with Crippen LogP contribution in [0.4, 0.5) is 11.4 Å². The lowest BCUT2D eigenvalue weighted by atomic mass is 10.2. The van der Waals surface area contributed by atoms with E-state index < -0.39 is 0 Å². The van der Waals surface area contributed by atoms with Gasteiger partial charge in [-0.2, -0.15) is 5.26 Å². The number of hydrogen-bond donors (Lipinski definition) is 1. The standard InChI is InChI=1S/C21H24N4O2/c1-27-20-7-5-19(6-8-20)25-13-11-24(12-14-25)10-9-21(26)23-18-4-2-3-17(15-18)16-22/h2-8,15H,9-14H2,1H3,(H,23,26). The van der Waals surface area contributed by atoms with E-state index >= 15 is 0 Å². The maximum absolute atomic E-state index is 12.2. The molecule has 1 saturated heterocycles. The first-order valence-electron chi connectivity index (χ1n) is 9.09. The quantitative estimate of drug-likeness (QED) is 0.854. The molecule has 3 rings (SSSR count). The molecule has 2 aromatic rings. The Hall–Kier alpha value is -3.04. The molecule has 0 aliphatic carbocycles. The number of rotatable bonds is 6. The maximum atomic E-state index is 12.2. The van der Waals surface area contributed by atoms with E-state index in [1.54, 1.807) is 31.4 Å². The van der Waals surface area contributed by atoms with Crippen LogP contribution < -0.4 is 15.0 Å². The zero-order valence-electron chi connectivity index (χ0n) is 15.5. The first-order chi connectivity index (χ1) is 13.2. The number of ether oxygens (including phenoxy) is 1. The van der Waals surface area contributed by atoms with Crippen molar-refractivity contribution in [2.45, 2.75) is 6.42 Å². The summed E-state index contributed by atoms with van der Waals surface area (Å²) >= 11 is 0. The smallest absolute Gasteiger partial charge is 0.225 e. The number of amides is 1. The van der Waals surface area contributed by atoms with Crippen molar-refractivity contribution in [1.82, 2.24) is 4.90 Å². The van der Waals surface area contributed by atoms with Gasteiger partial charge in [-0.1, -0.05) is 6.07 Å². The summed E-state index contributed by atoms with van der Waals surface area (Å²) in [5, 5.41) is 11.8. The Morgan fingerprint density at radius 1 is 1.15 bits per heavy atom. The van der Waals surface area contributed by atoms with E-state index in [9.17, 15) is 4.79 Å². The zero-order chi connectivity index (χ0) is 19.1. The zero-order valence-corrected chi connectivity index (χ0v) is 15.5. The number of nitrogens with zero attached hydrogens (tertiary/aromatic N) is 3. The summed E-state index contributed by atoms with van der Waals surface area (Å²) in [5.41, 5.74) is 2.41. The normalized spacial score (nSPS) is 14.4. The van der Waals surface area contributed by atoms with Crippen LogP contribution in [0.3, 0.4) is 0 Å². The predicted octanol–water partition coefficient (Wildman–Crippen LogP) is 2.72. The molecule has 6 heteroatoms. The molecule has 0 bridgehead atoms. The van der Waals surface area contributed by atoms with Crippen LogP contribution in [0.2, 0.25) is 0 Å². The van der Waals surface area contributed by atoms with E-state index in [4.69, 9.17) is 10.00 Å². The molecule has 0 aromatic heterocycles. The average Bonchev–Trinajstić information content (AvgIpc) is 2.73. The van der Waals surface area contributed by atoms with Gasteiger partial charge >= 0.3 is 0 Å². The van der Waals surface area contributed by atoms with Crippen LogP contribution in [0.15, 0.2) is 48.5 Å². The van der Waals surface area contributed by atoms with Crippen molar-refractivity contribution in [3.05, 3.63) is 54.1 Å². The van der Waals surface area contributed by atoms with Crippen molar-refractivity contribution >= 4 is 17.3 Å². The Morgan fingerprint density at radius 2 is 1.89 bits per heavy atom. The number of carbonyl (C=O) groups is 1. The van der Waals surface area contributed by atoms with E-state index in [1.807, 2.05) is 12.1 Å². The molecule has 1 aliphatic rings. The largest absolute Gasteiger partial charge is 0.497 e. The van der Waals surface area contributed by atoms with Gasteiger partial charge in [0.15, 0.2) is 0 Å². The van der Waals surface area contributed by atoms with Crippen molar-refractivity contribution in [1.29, 1.82) is 5.26 Å². The summed E-state index contributed by atoms with van der Waals surface area (Å²) in [6.45, 7) is 4.49. The molecule has 1 aliphatic heterocycles. The third-order valence-electron chi connectivity index (χ3n) is 4.74. The average molecular weight is 364 g/mol. The fraction of sp³-hybridized carbons (Fsp3) is 0.333. The molecule has 27 heavy (non-hydrogen) atoms. The second-order valence-corrected chi connectivity index (χ2v) is 6.52. The first kappa shape index (κ1) is 18.7. The summed E-state index contributed by atoms with van der Waals surface area (Å²) < 4.78 is 5.20. The van der Waals surface area contributed by atoms with E-state index in [1.165, 1.54) is 5.69 Å². The van der Waals surface area contributed by atoms with Crippen LogP contribution in [-0.4, -0.2) is 50.6 Å². The van der Waals surface area contributed by atoms with E-state index in [0.717, 1.165) is 38.5 Å². The van der Waals surface area contributed by atoms with E-state index in [-0.39, 0.29) is 5.91 Å². The van der Waals surface area contributed by atoms with Gasteiger partial charge in [0.2, 0.25) is 5.91 Å². The molecule has 1 N–H and O–H groups in total. The Bertz CT molecular complexity index is 806. The molecule has 140 valence electrons. The van der Waals surface area contributed by atoms with Gasteiger partial charge in [0, 0.05) is 50.5 Å². The number of nitriles is 1. The Kier molecular flexibility index (Phi) is 6.29. The van der Waals surface area contributed by atoms with Gasteiger partial charge in [-0.15, -0.1) is 0 Å². The van der Waals surface area contributed by atoms with Crippen molar-refractivity contribution in [2.24, 2.45) is 0 Å². The molecular formula is C21H24N4O2. The van der Waals surface area contributed by atoms with Crippen LogP contribution in [0.5, 0.6) is 5.75 Å². The molecule has 0 unspecified atom stereocenters. The minimum Gasteiger partial charge on any atom is -0.497 e. The minimum atomic E-state index is -0.0253. The lowest BCUT2D eigenvalue weighted by Gasteiger charge is -2.36. The number of anilines is 2. The molecule has 1 fully saturated rings. The topological polar surface area (TPSA) is 68.6 Å². The lowest BCUT2D eigenvalue weighted by molar-refractivity contribution is -0.116. The number of carbonyl (C=O) groups excluding carboxylic acids is 1. The van der Waals surface area contributed by atoms with Gasteiger partial charge in [-0.25, -0.2) is 0 Å². The SMILES string of the molecule is COc1ccc(N2CCN(CCC(=O)Nc3cccc(C#N)c3)CC2)cc1. The Balaban J connectivity index is 1.42. The maximum Gasteiger partial charge on any atom is 0.225 e. The molecule has 0 radical (unpaired) electrons. The van der Waals surface area contributed by atoms with Gasteiger partial charge in [0.1, 0.15) is 5.75 Å². The first-order valence-corrected chi connectivity index (χ1v) is 9.09. The van der Waals surface area contributed by atoms with Crippen molar-refractivity contribution in [2.75, 3.05) is 50.1 Å². The second-order valence-electron chi connectivity index (χ2n) is 6.52. The Labute approximate surface area is 160 Å². The third kappa shape index (κ3) is 5.22. The monoisotopic (exact) mass is 364 g/mol. The number of methoxy groups -OCH3 is 1. The van der Waals surface area contributed by atoms with Crippen molar-refractivity contribution in [3.8, 4) is 11.8 Å². The van der Waals surface area contributed by atoms with Gasteiger partial charge in [-0.3, -0.25) is 9.69 Å². The number of piperazine rings is 1. The Morgan fingerprint density at radius 3 is 2.56 bits per heavy atom. The predicted molar refractivity (Wildman–Crippen MR) is 106 cm³/mol. The van der Waals surface area contributed by atoms with Crippen LogP contribution in [0, 0.1) is 11.3 Å². The molecule has 2 aromatic carbocycles. The minimum absolute atomic E-state index is 0.0253. The van der Waals surface area contributed by atoms with Crippen LogP contribution in [-0.2, 0) is 4.79 Å². The highest BCUT2D eigenvalue weighted by Gasteiger charge is 2.18. The van der Waals surface area contributed by atoms with E-state index in [0.29, 0.717) is 17.7 Å². The van der Waals surface area contributed by atoms with Gasteiger partial charge < -0.3 is 15.0 Å². The number of hydrogen-bond acceptors (Lipinski definition) is 5. The number of nitrogens with one attached hydrogen (secondary N) is 1. The third-order valence-corrected chi connectivity index (χ3v) is 4.74. The van der Waals surface area contributed by atoms with Crippen LogP contribution in [0.25, 0.3) is 0 Å². The molecule has 0 saturated carbocycles. The molecule has 6 nitrogen and oxygen atoms in total. The van der Waals surface area contributed by atoms with Crippen molar-refractivity contribution in [3.63, 3.8) is 0 Å². The highest BCUT2D eigenvalue weighted by Crippen LogP contribution is 2.20. The number of benzene rings is 2. The second kappa shape index (κ2) is 9.06. The van der Waals surface area contributed by atoms with Crippen LogP contribution >= 0.6 is 0 Å². The van der Waals surface area contributed by atoms with Crippen LogP contribution in [0.1, 0.15) is 12.0 Å². The van der Waals surface area contributed by atoms with Crippen molar-refractivity contribution < 1.29 is 9.53 Å². The summed E-state index contributed by atoms with van der Waals surface area (Å²) in [7, 11) is 1.67. The lowest BCUT2D eigenvalue weighted by Crippen LogP contribution is -2.47. The van der Waals surface area contributed by atoms with Gasteiger partial charge in [0.25, 0.3) is 0 Å². The summed E-state index contributed by atoms with van der Waals surface area (Å²) in [4.78, 5) is 16.8. The molecular weight excluding hydrogens is 340 g/mol. The molecule has 1 heterocycles. The van der Waals surface area contributed by atoms with Gasteiger partial charge in [-0.05, 0) is 42.5 Å². The van der Waals surface area contributed by atoms with E-state index in [2.05, 4.69) is 33.3 Å². The highest BCUT2D eigenvalue weighted by molar-refractivity contribution is 5.90. The fourth-order valence-corrected chi connectivity index (χ4v) is 3.17. The molecule has 0 atom stereocenters. The summed E-state index contributed by atoms with van der Waals surface area (Å²) in [6, 6.07) is 17.2. The fourth-order valence-electron chi connectivity index (χ4n) is 3.17. The summed E-state index contributed by atoms with van der Waals surface area (Å²) in [5.74, 6) is 0.839. The van der Waals surface area contributed by atoms with Gasteiger partial charge in [0.05, 0.1) is 18.7 Å². The summed E-state index contributed by atoms with van der Waals surface area (Å²) in [6.07, 6.45) is 0.444. The highest BCUT2D eigenvalue weighted by atomic mass is 16.5. The molecule has 1 amide bonds.